The van der Waals surface area contributed by atoms with Crippen LogP contribution < -0.4 is 10.9 Å². The van der Waals surface area contributed by atoms with E-state index in [2.05, 4.69) is 10.9 Å². The fourth-order valence-corrected chi connectivity index (χ4v) is 1.83. The molecular formula is C16H13ClN2O3. The number of benzene rings is 2. The van der Waals surface area contributed by atoms with Crippen LogP contribution in [0.3, 0.4) is 0 Å². The van der Waals surface area contributed by atoms with Gasteiger partial charge in [0.25, 0.3) is 11.8 Å². The molecule has 0 unspecified atom stereocenters. The summed E-state index contributed by atoms with van der Waals surface area (Å²) in [5.74, 6) is -1.39. The van der Waals surface area contributed by atoms with E-state index in [1.807, 2.05) is 30.3 Å². The maximum atomic E-state index is 11.8. The van der Waals surface area contributed by atoms with Crippen molar-refractivity contribution in [3.8, 4) is 5.75 Å². The van der Waals surface area contributed by atoms with Crippen LogP contribution in [-0.4, -0.2) is 16.9 Å². The Morgan fingerprint density at radius 3 is 2.50 bits per heavy atom. The first-order valence-corrected chi connectivity index (χ1v) is 6.76. The highest BCUT2D eigenvalue weighted by Crippen LogP contribution is 2.20. The number of nitrogens with one attached hydrogen (secondary N) is 2. The fraction of sp³-hybridized carbons (Fsp3) is 0. The van der Waals surface area contributed by atoms with Crippen LogP contribution in [-0.2, 0) is 4.79 Å². The molecule has 2 aromatic rings. The van der Waals surface area contributed by atoms with E-state index < -0.39 is 11.8 Å². The van der Waals surface area contributed by atoms with Crippen LogP contribution in [0.1, 0.15) is 15.9 Å². The topological polar surface area (TPSA) is 78.4 Å². The zero-order valence-corrected chi connectivity index (χ0v) is 12.2. The summed E-state index contributed by atoms with van der Waals surface area (Å²) in [5.41, 5.74) is 5.24. The quantitative estimate of drug-likeness (QED) is 0.601. The predicted octanol–water partition coefficient (Wildman–Crippen LogP) is 2.52. The Morgan fingerprint density at radius 1 is 1.05 bits per heavy atom. The number of rotatable bonds is 3. The normalized spacial score (nSPS) is 10.4. The lowest BCUT2D eigenvalue weighted by molar-refractivity contribution is -0.117. The largest absolute Gasteiger partial charge is 0.507 e. The van der Waals surface area contributed by atoms with Gasteiger partial charge in [0.05, 0.1) is 5.56 Å². The molecule has 0 aliphatic heterocycles. The number of phenols is 1. The number of phenolic OH excluding ortho intramolecular Hbond substituents is 1. The Balaban J connectivity index is 1.92. The number of aromatic hydroxyl groups is 1. The standard InChI is InChI=1S/C16H13ClN2O3/c17-12-7-8-14(20)13(10-12)16(22)19-18-15(21)9-6-11-4-2-1-3-5-11/h1-10,20H,(H,18,21)(H,19,22)/b9-6+. The molecule has 6 heteroatoms. The number of hydrazine groups is 1. The smallest absolute Gasteiger partial charge is 0.273 e. The van der Waals surface area contributed by atoms with E-state index in [1.54, 1.807) is 6.08 Å². The van der Waals surface area contributed by atoms with Gasteiger partial charge in [0, 0.05) is 11.1 Å². The third-order valence-corrected chi connectivity index (χ3v) is 2.96. The maximum absolute atomic E-state index is 11.8. The van der Waals surface area contributed by atoms with Gasteiger partial charge < -0.3 is 5.11 Å². The van der Waals surface area contributed by atoms with Gasteiger partial charge in [-0.05, 0) is 29.8 Å². The summed E-state index contributed by atoms with van der Waals surface area (Å²) >= 11 is 5.75. The van der Waals surface area contributed by atoms with Gasteiger partial charge in [0.15, 0.2) is 0 Å². The van der Waals surface area contributed by atoms with Crippen LogP contribution in [0.25, 0.3) is 6.08 Å². The third kappa shape index (κ3) is 4.36. The molecule has 0 aliphatic carbocycles. The van der Waals surface area contributed by atoms with Gasteiger partial charge in [-0.25, -0.2) is 0 Å². The van der Waals surface area contributed by atoms with Crippen LogP contribution in [0.2, 0.25) is 5.02 Å². The highest BCUT2D eigenvalue weighted by molar-refractivity contribution is 6.31. The average molecular weight is 317 g/mol. The Hall–Kier alpha value is -2.79. The minimum atomic E-state index is -0.665. The number of amides is 2. The van der Waals surface area contributed by atoms with Crippen molar-refractivity contribution >= 4 is 29.5 Å². The summed E-state index contributed by atoms with van der Waals surface area (Å²) < 4.78 is 0. The van der Waals surface area contributed by atoms with Crippen molar-refractivity contribution in [2.45, 2.75) is 0 Å². The Bertz CT molecular complexity index is 715. The van der Waals surface area contributed by atoms with Gasteiger partial charge in [-0.2, -0.15) is 0 Å². The van der Waals surface area contributed by atoms with E-state index in [0.29, 0.717) is 5.02 Å². The monoisotopic (exact) mass is 316 g/mol. The molecule has 0 atom stereocenters. The Kier molecular flexibility index (Phi) is 5.16. The zero-order chi connectivity index (χ0) is 15.9. The van der Waals surface area contributed by atoms with Crippen molar-refractivity contribution in [2.24, 2.45) is 0 Å². The summed E-state index contributed by atoms with van der Waals surface area (Å²) in [6.45, 7) is 0. The Labute approximate surface area is 132 Å². The first kappa shape index (κ1) is 15.6. The molecular weight excluding hydrogens is 304 g/mol. The van der Waals surface area contributed by atoms with Gasteiger partial charge in [0.2, 0.25) is 0 Å². The highest BCUT2D eigenvalue weighted by Gasteiger charge is 2.11. The fourth-order valence-electron chi connectivity index (χ4n) is 1.65. The average Bonchev–Trinajstić information content (AvgIpc) is 2.54. The van der Waals surface area contributed by atoms with Crippen LogP contribution in [0.4, 0.5) is 0 Å². The lowest BCUT2D eigenvalue weighted by Crippen LogP contribution is -2.40. The molecule has 0 aliphatic rings. The van der Waals surface area contributed by atoms with Crippen molar-refractivity contribution in [3.63, 3.8) is 0 Å². The van der Waals surface area contributed by atoms with Crippen LogP contribution in [0.15, 0.2) is 54.6 Å². The molecule has 3 N–H and O–H groups in total. The minimum Gasteiger partial charge on any atom is -0.507 e. The summed E-state index contributed by atoms with van der Waals surface area (Å²) in [4.78, 5) is 23.4. The van der Waals surface area contributed by atoms with Gasteiger partial charge >= 0.3 is 0 Å². The van der Waals surface area contributed by atoms with Crippen molar-refractivity contribution in [2.75, 3.05) is 0 Å². The molecule has 2 amide bonds. The number of hydrogen-bond acceptors (Lipinski definition) is 3. The molecule has 0 fully saturated rings. The molecule has 22 heavy (non-hydrogen) atoms. The summed E-state index contributed by atoms with van der Waals surface area (Å²) in [6, 6.07) is 13.3. The molecule has 5 nitrogen and oxygen atoms in total. The highest BCUT2D eigenvalue weighted by atomic mass is 35.5. The maximum Gasteiger partial charge on any atom is 0.273 e. The van der Waals surface area contributed by atoms with Crippen molar-refractivity contribution in [1.29, 1.82) is 0 Å². The second kappa shape index (κ2) is 7.28. The molecule has 0 bridgehead atoms. The summed E-state index contributed by atoms with van der Waals surface area (Å²) in [6.07, 6.45) is 2.89. The molecule has 0 spiro atoms. The minimum absolute atomic E-state index is 0.0279. The number of hydrogen-bond donors (Lipinski definition) is 3. The van der Waals surface area contributed by atoms with E-state index in [4.69, 9.17) is 11.6 Å². The van der Waals surface area contributed by atoms with Crippen LogP contribution in [0, 0.1) is 0 Å². The van der Waals surface area contributed by atoms with Crippen molar-refractivity contribution < 1.29 is 14.7 Å². The second-order valence-corrected chi connectivity index (χ2v) is 4.79. The summed E-state index contributed by atoms with van der Waals surface area (Å²) in [7, 11) is 0. The van der Waals surface area contributed by atoms with Crippen LogP contribution >= 0.6 is 11.6 Å². The van der Waals surface area contributed by atoms with Gasteiger partial charge in [-0.15, -0.1) is 0 Å². The predicted molar refractivity (Wildman–Crippen MR) is 84.2 cm³/mol. The first-order chi connectivity index (χ1) is 10.6. The number of halogens is 1. The van der Waals surface area contributed by atoms with Gasteiger partial charge in [-0.3, -0.25) is 20.4 Å². The second-order valence-electron chi connectivity index (χ2n) is 4.35. The molecule has 2 aromatic carbocycles. The number of carbonyl (C=O) groups excluding carboxylic acids is 2. The lowest BCUT2D eigenvalue weighted by atomic mass is 10.2. The lowest BCUT2D eigenvalue weighted by Gasteiger charge is -2.07. The molecule has 2 rings (SSSR count). The van der Waals surface area contributed by atoms with Crippen LogP contribution in [0.5, 0.6) is 5.75 Å². The van der Waals surface area contributed by atoms with E-state index in [9.17, 15) is 14.7 Å². The molecule has 0 radical (unpaired) electrons. The first-order valence-electron chi connectivity index (χ1n) is 6.38. The van der Waals surface area contributed by atoms with Crippen molar-refractivity contribution in [1.82, 2.24) is 10.9 Å². The molecule has 0 heterocycles. The van der Waals surface area contributed by atoms with Gasteiger partial charge in [-0.1, -0.05) is 41.9 Å². The van der Waals surface area contributed by atoms with E-state index in [1.165, 1.54) is 24.3 Å². The van der Waals surface area contributed by atoms with Gasteiger partial charge in [0.1, 0.15) is 5.75 Å². The molecule has 0 aromatic heterocycles. The molecule has 0 saturated heterocycles. The summed E-state index contributed by atoms with van der Waals surface area (Å²) in [5, 5.41) is 9.88. The third-order valence-electron chi connectivity index (χ3n) is 2.73. The van der Waals surface area contributed by atoms with E-state index in [-0.39, 0.29) is 11.3 Å². The molecule has 0 saturated carbocycles. The molecule has 112 valence electrons. The number of carbonyl (C=O) groups is 2. The van der Waals surface area contributed by atoms with E-state index in [0.717, 1.165) is 5.56 Å². The SMILES string of the molecule is O=C(/C=C/c1ccccc1)NNC(=O)c1cc(Cl)ccc1O. The van der Waals surface area contributed by atoms with E-state index >= 15 is 0 Å². The van der Waals surface area contributed by atoms with Crippen molar-refractivity contribution in [3.05, 3.63) is 70.8 Å². The Morgan fingerprint density at radius 2 is 1.77 bits per heavy atom. The zero-order valence-electron chi connectivity index (χ0n) is 11.4.